The van der Waals surface area contributed by atoms with Crippen LogP contribution in [0.1, 0.15) is 15.9 Å². The highest BCUT2D eigenvalue weighted by Gasteiger charge is 2.12. The van der Waals surface area contributed by atoms with Crippen LogP contribution in [0.4, 0.5) is 11.5 Å². The van der Waals surface area contributed by atoms with Gasteiger partial charge in [0.2, 0.25) is 0 Å². The summed E-state index contributed by atoms with van der Waals surface area (Å²) < 4.78 is 1.62. The number of hydrogen-bond acceptors (Lipinski definition) is 3. The fraction of sp³-hybridized carbons (Fsp3) is 0.0769. The minimum absolute atomic E-state index is 0.236. The fourth-order valence-corrected chi connectivity index (χ4v) is 2.28. The van der Waals surface area contributed by atoms with Crippen molar-refractivity contribution in [2.24, 2.45) is 0 Å². The molecule has 0 aliphatic heterocycles. The highest BCUT2D eigenvalue weighted by Crippen LogP contribution is 2.23. The number of amides is 1. The van der Waals surface area contributed by atoms with E-state index < -0.39 is 0 Å². The molecule has 1 aromatic carbocycles. The van der Waals surface area contributed by atoms with Crippen LogP contribution in [-0.4, -0.2) is 10.9 Å². The van der Waals surface area contributed by atoms with E-state index in [1.807, 2.05) is 13.0 Å². The molecule has 0 aliphatic rings. The van der Waals surface area contributed by atoms with Gasteiger partial charge in [0, 0.05) is 26.4 Å². The summed E-state index contributed by atoms with van der Waals surface area (Å²) in [7, 11) is 0. The number of nitrogen functional groups attached to an aromatic ring is 1. The van der Waals surface area contributed by atoms with Gasteiger partial charge in [0.25, 0.3) is 5.91 Å². The number of nitrogens with two attached hydrogens (primary N) is 1. The number of benzene rings is 1. The molecule has 0 unspecified atom stereocenters. The van der Waals surface area contributed by atoms with Crippen molar-refractivity contribution in [3.63, 3.8) is 0 Å². The first-order chi connectivity index (χ1) is 8.97. The topological polar surface area (TPSA) is 68.0 Å². The number of nitrogens with one attached hydrogen (secondary N) is 1. The molecule has 1 amide bonds. The number of hydrogen-bond donors (Lipinski definition) is 2. The van der Waals surface area contributed by atoms with Gasteiger partial charge >= 0.3 is 0 Å². The normalized spacial score (nSPS) is 10.3. The number of anilines is 2. The zero-order chi connectivity index (χ0) is 14.0. The lowest BCUT2D eigenvalue weighted by Crippen LogP contribution is -2.15. The average Bonchev–Trinajstić information content (AvgIpc) is 2.36. The Hall–Kier alpha value is -1.40. The lowest BCUT2D eigenvalue weighted by Gasteiger charge is -2.10. The number of carbonyl (C=O) groups excluding carboxylic acids is 1. The minimum atomic E-state index is -0.236. The smallest absolute Gasteiger partial charge is 0.257 e. The van der Waals surface area contributed by atoms with Crippen molar-refractivity contribution in [3.8, 4) is 0 Å². The van der Waals surface area contributed by atoms with Crippen LogP contribution in [0.5, 0.6) is 0 Å². The van der Waals surface area contributed by atoms with E-state index in [1.54, 1.807) is 24.4 Å². The van der Waals surface area contributed by atoms with Gasteiger partial charge in [-0.15, -0.1) is 0 Å². The number of halogens is 2. The first-order valence-electron chi connectivity index (χ1n) is 5.46. The van der Waals surface area contributed by atoms with E-state index in [2.05, 4.69) is 42.2 Å². The molecular formula is C13H11Br2N3O. The Kier molecular flexibility index (Phi) is 4.21. The number of carbonyl (C=O) groups is 1. The Morgan fingerprint density at radius 1 is 1.26 bits per heavy atom. The predicted octanol–water partition coefficient (Wildman–Crippen LogP) is 3.75. The Morgan fingerprint density at radius 2 is 2.00 bits per heavy atom. The molecule has 2 rings (SSSR count). The lowest BCUT2D eigenvalue weighted by molar-refractivity contribution is 0.102. The van der Waals surface area contributed by atoms with Crippen molar-refractivity contribution in [3.05, 3.63) is 50.5 Å². The maximum Gasteiger partial charge on any atom is 0.257 e. The van der Waals surface area contributed by atoms with Crippen LogP contribution in [0.25, 0.3) is 0 Å². The molecule has 0 atom stereocenters. The summed E-state index contributed by atoms with van der Waals surface area (Å²) in [5, 5.41) is 2.73. The van der Waals surface area contributed by atoms with E-state index in [0.717, 1.165) is 14.5 Å². The first-order valence-corrected chi connectivity index (χ1v) is 7.04. The van der Waals surface area contributed by atoms with E-state index in [9.17, 15) is 4.79 Å². The average molecular weight is 385 g/mol. The van der Waals surface area contributed by atoms with Crippen LogP contribution in [0.3, 0.4) is 0 Å². The highest BCUT2D eigenvalue weighted by molar-refractivity contribution is 9.10. The van der Waals surface area contributed by atoms with Crippen LogP contribution in [0.2, 0.25) is 0 Å². The zero-order valence-electron chi connectivity index (χ0n) is 10.1. The third kappa shape index (κ3) is 3.33. The molecular weight excluding hydrogens is 374 g/mol. The summed E-state index contributed by atoms with van der Waals surface area (Å²) >= 11 is 6.62. The second-order valence-corrected chi connectivity index (χ2v) is 5.81. The monoisotopic (exact) mass is 383 g/mol. The molecule has 0 spiro atoms. The van der Waals surface area contributed by atoms with Crippen LogP contribution < -0.4 is 11.1 Å². The molecule has 0 bridgehead atoms. The number of pyridine rings is 1. The van der Waals surface area contributed by atoms with Gasteiger partial charge in [-0.3, -0.25) is 4.79 Å². The quantitative estimate of drug-likeness (QED) is 0.774. The summed E-state index contributed by atoms with van der Waals surface area (Å²) in [6.07, 6.45) is 1.62. The first kappa shape index (κ1) is 14.0. The number of nitrogens with zero attached hydrogens (tertiary/aromatic N) is 1. The van der Waals surface area contributed by atoms with Crippen LogP contribution >= 0.6 is 31.9 Å². The molecule has 2 aromatic rings. The molecule has 6 heteroatoms. The van der Waals surface area contributed by atoms with Crippen molar-refractivity contribution in [2.75, 3.05) is 11.1 Å². The Morgan fingerprint density at radius 3 is 2.63 bits per heavy atom. The summed E-state index contributed by atoms with van der Waals surface area (Å²) in [4.78, 5) is 16.3. The third-order valence-electron chi connectivity index (χ3n) is 2.63. The molecule has 0 saturated heterocycles. The van der Waals surface area contributed by atoms with Crippen LogP contribution in [-0.2, 0) is 0 Å². The second kappa shape index (κ2) is 5.71. The van der Waals surface area contributed by atoms with Crippen LogP contribution in [0.15, 0.2) is 39.4 Å². The Balaban J connectivity index is 2.27. The third-order valence-corrected chi connectivity index (χ3v) is 3.55. The van der Waals surface area contributed by atoms with E-state index in [4.69, 9.17) is 5.73 Å². The maximum absolute atomic E-state index is 12.2. The summed E-state index contributed by atoms with van der Waals surface area (Å²) in [5.74, 6) is 0.256. The molecule has 0 radical (unpaired) electrons. The van der Waals surface area contributed by atoms with Crippen molar-refractivity contribution < 1.29 is 4.79 Å². The van der Waals surface area contributed by atoms with Crippen molar-refractivity contribution in [1.82, 2.24) is 4.98 Å². The van der Waals surface area contributed by atoms with Gasteiger partial charge < -0.3 is 11.1 Å². The van der Waals surface area contributed by atoms with Crippen molar-refractivity contribution >= 4 is 49.3 Å². The molecule has 0 fully saturated rings. The molecule has 1 heterocycles. The molecule has 4 nitrogen and oxygen atoms in total. The maximum atomic E-state index is 12.2. The molecule has 1 aromatic heterocycles. The van der Waals surface area contributed by atoms with Gasteiger partial charge in [0.15, 0.2) is 0 Å². The highest BCUT2D eigenvalue weighted by atomic mass is 79.9. The summed E-state index contributed by atoms with van der Waals surface area (Å²) in [6, 6.07) is 7.03. The summed E-state index contributed by atoms with van der Waals surface area (Å²) in [5.41, 5.74) is 7.69. The predicted molar refractivity (Wildman–Crippen MR) is 83.2 cm³/mol. The van der Waals surface area contributed by atoms with Crippen molar-refractivity contribution in [1.29, 1.82) is 0 Å². The van der Waals surface area contributed by atoms with Gasteiger partial charge in [0.1, 0.15) is 5.82 Å². The van der Waals surface area contributed by atoms with E-state index in [-0.39, 0.29) is 5.91 Å². The summed E-state index contributed by atoms with van der Waals surface area (Å²) in [6.45, 7) is 1.81. The molecule has 3 N–H and O–H groups in total. The molecule has 19 heavy (non-hydrogen) atoms. The zero-order valence-corrected chi connectivity index (χ0v) is 13.2. The van der Waals surface area contributed by atoms with Gasteiger partial charge in [-0.2, -0.15) is 0 Å². The Labute approximate surface area is 127 Å². The minimum Gasteiger partial charge on any atom is -0.398 e. The SMILES string of the molecule is Cc1c(N)cc(Br)cc1C(=O)Nc1ccc(Br)cn1. The van der Waals surface area contributed by atoms with Gasteiger partial charge in [0.05, 0.1) is 0 Å². The molecule has 0 aliphatic carbocycles. The van der Waals surface area contributed by atoms with Gasteiger partial charge in [-0.05, 0) is 52.7 Å². The molecule has 98 valence electrons. The fourth-order valence-electron chi connectivity index (χ4n) is 1.57. The van der Waals surface area contributed by atoms with E-state index >= 15 is 0 Å². The van der Waals surface area contributed by atoms with Gasteiger partial charge in [-0.1, -0.05) is 15.9 Å². The number of aromatic nitrogens is 1. The van der Waals surface area contributed by atoms with Crippen molar-refractivity contribution in [2.45, 2.75) is 6.92 Å². The lowest BCUT2D eigenvalue weighted by atomic mass is 10.1. The Bertz CT molecular complexity index is 627. The second-order valence-electron chi connectivity index (χ2n) is 3.98. The van der Waals surface area contributed by atoms with E-state index in [1.165, 1.54) is 0 Å². The van der Waals surface area contributed by atoms with Gasteiger partial charge in [-0.25, -0.2) is 4.98 Å². The largest absolute Gasteiger partial charge is 0.398 e. The standard InChI is InChI=1S/C13H11Br2N3O/c1-7-10(4-9(15)5-11(7)16)13(19)18-12-3-2-8(14)6-17-12/h2-6H,16H2,1H3,(H,17,18,19). The number of rotatable bonds is 2. The molecule has 0 saturated carbocycles. The van der Waals surface area contributed by atoms with Crippen LogP contribution in [0, 0.1) is 6.92 Å². The van der Waals surface area contributed by atoms with E-state index in [0.29, 0.717) is 17.1 Å².